The second-order valence-electron chi connectivity index (χ2n) is 7.47. The molecule has 0 unspecified atom stereocenters. The predicted molar refractivity (Wildman–Crippen MR) is 162 cm³/mol. The third kappa shape index (κ3) is 12.0. The number of H-pyrrole nitrogens is 1. The molecule has 0 spiro atoms. The van der Waals surface area contributed by atoms with Gasteiger partial charge in [0.15, 0.2) is 0 Å². The number of benzene rings is 2. The van der Waals surface area contributed by atoms with Gasteiger partial charge in [-0.2, -0.15) is 4.68 Å². The van der Waals surface area contributed by atoms with Crippen LogP contribution in [0, 0.1) is 0 Å². The number of carbonyl (C=O) groups is 4. The Bertz CT molecular complexity index is 1430. The van der Waals surface area contributed by atoms with Gasteiger partial charge in [0.25, 0.3) is 5.24 Å². The summed E-state index contributed by atoms with van der Waals surface area (Å²) in [4.78, 5) is 60.7. The molecule has 16 heteroatoms. The van der Waals surface area contributed by atoms with Crippen molar-refractivity contribution in [3.63, 3.8) is 0 Å². The van der Waals surface area contributed by atoms with Crippen LogP contribution in [-0.4, -0.2) is 62.0 Å². The standard InChI is InChI=1S/C11H11BrClNO2.C11H10BrN3O3.C3H3NO2S/c1-2-16-11(15)10(13)14-7-8-3-5-9(12)6-4-8;1-2-18-10(16)9-13-11(17)15(14-9)8-5-3-7(12)4-6-8;5-2-1-7-3(6)4-2/h3-6H,2,7H2,1H3;3-6H,2H2,1H3,(H,13,14,17);1H2,(H,4,5,6). The number of aliphatic imine (C=N–C) groups is 1. The molecule has 2 heterocycles. The SMILES string of the molecule is CCOC(=O)C(Cl)=NCc1ccc(Br)cc1.CCOC(=O)c1nn(-c2ccc(Br)cc2)c(=O)[nH]1.O=C1CSC(=O)N1. The lowest BCUT2D eigenvalue weighted by Crippen LogP contribution is -2.18. The van der Waals surface area contributed by atoms with Gasteiger partial charge in [-0.3, -0.25) is 24.9 Å². The molecule has 218 valence electrons. The maximum Gasteiger partial charge on any atom is 0.376 e. The molecule has 0 atom stereocenters. The smallest absolute Gasteiger partial charge is 0.376 e. The highest BCUT2D eigenvalue weighted by molar-refractivity contribution is 9.10. The van der Waals surface area contributed by atoms with Crippen molar-refractivity contribution in [3.8, 4) is 5.69 Å². The first-order chi connectivity index (χ1) is 19.5. The van der Waals surface area contributed by atoms with Crippen LogP contribution in [0.25, 0.3) is 5.69 Å². The number of imide groups is 1. The van der Waals surface area contributed by atoms with Crippen molar-refractivity contribution in [2.75, 3.05) is 19.0 Å². The van der Waals surface area contributed by atoms with E-state index >= 15 is 0 Å². The predicted octanol–water partition coefficient (Wildman–Crippen LogP) is 4.62. The van der Waals surface area contributed by atoms with E-state index < -0.39 is 17.6 Å². The average Bonchev–Trinajstić information content (AvgIpc) is 3.53. The molecule has 0 saturated carbocycles. The zero-order valence-corrected chi connectivity index (χ0v) is 26.4. The number of aromatic nitrogens is 3. The van der Waals surface area contributed by atoms with E-state index in [0.29, 0.717) is 24.6 Å². The molecule has 41 heavy (non-hydrogen) atoms. The van der Waals surface area contributed by atoms with Gasteiger partial charge in [-0.05, 0) is 55.8 Å². The van der Waals surface area contributed by atoms with Crippen molar-refractivity contribution < 1.29 is 28.7 Å². The summed E-state index contributed by atoms with van der Waals surface area (Å²) in [6.07, 6.45) is 0. The molecule has 2 aromatic carbocycles. The molecular weight excluding hydrogens is 710 g/mol. The van der Waals surface area contributed by atoms with E-state index in [1.54, 1.807) is 38.1 Å². The number of hydrogen-bond donors (Lipinski definition) is 2. The number of amides is 2. The molecule has 12 nitrogen and oxygen atoms in total. The van der Waals surface area contributed by atoms with Crippen molar-refractivity contribution in [1.82, 2.24) is 20.1 Å². The maximum absolute atomic E-state index is 11.7. The number of nitrogens with one attached hydrogen (secondary N) is 2. The summed E-state index contributed by atoms with van der Waals surface area (Å²) in [6.45, 7) is 4.29. The van der Waals surface area contributed by atoms with Crippen LogP contribution < -0.4 is 11.0 Å². The van der Waals surface area contributed by atoms with Crippen molar-refractivity contribution in [1.29, 1.82) is 0 Å². The summed E-state index contributed by atoms with van der Waals surface area (Å²) in [6, 6.07) is 14.6. The Kier molecular flexibility index (Phi) is 14.5. The van der Waals surface area contributed by atoms with Crippen LogP contribution in [-0.2, 0) is 25.6 Å². The fraction of sp³-hybridized carbons (Fsp3) is 0.240. The molecule has 2 N–H and O–H groups in total. The minimum absolute atomic E-state index is 0.107. The van der Waals surface area contributed by atoms with E-state index in [9.17, 15) is 24.0 Å². The van der Waals surface area contributed by atoms with Crippen LogP contribution in [0.5, 0.6) is 0 Å². The van der Waals surface area contributed by atoms with Crippen molar-refractivity contribution in [2.45, 2.75) is 20.4 Å². The number of halogens is 3. The molecule has 0 aliphatic carbocycles. The summed E-state index contributed by atoms with van der Waals surface area (Å²) in [7, 11) is 0. The van der Waals surface area contributed by atoms with Crippen LogP contribution in [0.3, 0.4) is 0 Å². The first-order valence-corrected chi connectivity index (χ1v) is 14.7. The van der Waals surface area contributed by atoms with Gasteiger partial charge in [0, 0.05) is 8.95 Å². The van der Waals surface area contributed by atoms with Crippen molar-refractivity contribution >= 4 is 83.5 Å². The van der Waals surface area contributed by atoms with Crippen molar-refractivity contribution in [2.24, 2.45) is 4.99 Å². The summed E-state index contributed by atoms with van der Waals surface area (Å²) in [5.74, 6) is -1.23. The van der Waals surface area contributed by atoms with Gasteiger partial charge in [-0.25, -0.2) is 14.4 Å². The molecule has 1 aliphatic rings. The van der Waals surface area contributed by atoms with Crippen molar-refractivity contribution in [3.05, 3.63) is 79.3 Å². The number of aromatic amines is 1. The summed E-state index contributed by atoms with van der Waals surface area (Å²) < 4.78 is 12.5. The van der Waals surface area contributed by atoms with Gasteiger partial charge in [-0.15, -0.1) is 5.10 Å². The van der Waals surface area contributed by atoms with Gasteiger partial charge in [0.1, 0.15) is 0 Å². The number of nitrogens with zero attached hydrogens (tertiary/aromatic N) is 3. The first-order valence-electron chi connectivity index (χ1n) is 11.7. The molecule has 1 aliphatic heterocycles. The Morgan fingerprint density at radius 3 is 2.07 bits per heavy atom. The Balaban J connectivity index is 0.000000234. The molecule has 1 saturated heterocycles. The van der Waals surface area contributed by atoms with E-state index in [-0.39, 0.29) is 28.7 Å². The van der Waals surface area contributed by atoms with E-state index in [1.807, 2.05) is 24.3 Å². The average molecular weight is 734 g/mol. The van der Waals surface area contributed by atoms with E-state index in [4.69, 9.17) is 21.1 Å². The van der Waals surface area contributed by atoms with Crippen LogP contribution in [0.15, 0.2) is 67.3 Å². The van der Waals surface area contributed by atoms with Gasteiger partial charge < -0.3 is 9.47 Å². The highest BCUT2D eigenvalue weighted by Crippen LogP contribution is 2.13. The summed E-state index contributed by atoms with van der Waals surface area (Å²) in [5, 5.41) is 5.64. The number of rotatable bonds is 7. The van der Waals surface area contributed by atoms with Crippen LogP contribution in [0.2, 0.25) is 0 Å². The molecule has 0 bridgehead atoms. The lowest BCUT2D eigenvalue weighted by Gasteiger charge is -2.00. The minimum Gasteiger partial charge on any atom is -0.461 e. The van der Waals surface area contributed by atoms with Crippen LogP contribution in [0.1, 0.15) is 30.0 Å². The topological polar surface area (TPSA) is 162 Å². The van der Waals surface area contributed by atoms with Crippen LogP contribution >= 0.6 is 55.2 Å². The third-order valence-corrected chi connectivity index (χ3v) is 6.59. The third-order valence-electron chi connectivity index (χ3n) is 4.49. The van der Waals surface area contributed by atoms with Gasteiger partial charge in [-0.1, -0.05) is 67.4 Å². The second kappa shape index (κ2) is 17.5. The minimum atomic E-state index is -0.648. The lowest BCUT2D eigenvalue weighted by atomic mass is 10.2. The maximum atomic E-state index is 11.7. The molecule has 4 rings (SSSR count). The summed E-state index contributed by atoms with van der Waals surface area (Å²) >= 11 is 13.3. The summed E-state index contributed by atoms with van der Waals surface area (Å²) in [5.41, 5.74) is 1.06. The molecule has 2 amide bonds. The Hall–Kier alpha value is -3.27. The highest BCUT2D eigenvalue weighted by Gasteiger charge is 2.17. The van der Waals surface area contributed by atoms with Gasteiger partial charge >= 0.3 is 17.6 Å². The molecular formula is C25H24Br2ClN5O7S. The fourth-order valence-corrected chi connectivity index (χ4v) is 3.86. The van der Waals surface area contributed by atoms with E-state index in [2.05, 4.69) is 52.3 Å². The second-order valence-corrected chi connectivity index (χ2v) is 10.6. The molecule has 3 aromatic rings. The number of esters is 2. The largest absolute Gasteiger partial charge is 0.461 e. The fourth-order valence-electron chi connectivity index (χ4n) is 2.70. The molecule has 1 fully saturated rings. The zero-order chi connectivity index (χ0) is 30.4. The monoisotopic (exact) mass is 731 g/mol. The molecule has 0 radical (unpaired) electrons. The van der Waals surface area contributed by atoms with Gasteiger partial charge in [0.2, 0.25) is 16.9 Å². The quantitative estimate of drug-likeness (QED) is 0.261. The first kappa shape index (κ1) is 33.9. The Morgan fingerprint density at radius 1 is 1.00 bits per heavy atom. The Morgan fingerprint density at radius 2 is 1.59 bits per heavy atom. The number of carbonyl (C=O) groups excluding carboxylic acids is 4. The van der Waals surface area contributed by atoms with E-state index in [0.717, 1.165) is 31.0 Å². The number of thioether (sulfide) groups is 1. The highest BCUT2D eigenvalue weighted by atomic mass is 79.9. The normalized spacial score (nSPS) is 12.4. The Labute approximate surface area is 260 Å². The molecule has 1 aromatic heterocycles. The number of hydrogen-bond acceptors (Lipinski definition) is 10. The van der Waals surface area contributed by atoms with Gasteiger partial charge in [0.05, 0.1) is 31.2 Å². The van der Waals surface area contributed by atoms with E-state index in [1.165, 1.54) is 0 Å². The van der Waals surface area contributed by atoms with Crippen LogP contribution in [0.4, 0.5) is 4.79 Å². The lowest BCUT2D eigenvalue weighted by molar-refractivity contribution is -0.134. The zero-order valence-electron chi connectivity index (χ0n) is 21.7. The number of ether oxygens (including phenoxy) is 2.